The van der Waals surface area contributed by atoms with Crippen LogP contribution in [0.2, 0.25) is 0 Å². The minimum absolute atomic E-state index is 0.0375. The van der Waals surface area contributed by atoms with E-state index in [1.54, 1.807) is 0 Å². The molecule has 2 rings (SSSR count). The van der Waals surface area contributed by atoms with Gasteiger partial charge in [0.1, 0.15) is 6.33 Å². The molecule has 0 saturated carbocycles. The number of rotatable bonds is 5. The van der Waals surface area contributed by atoms with Crippen LogP contribution in [0, 0.1) is 0 Å². The van der Waals surface area contributed by atoms with Crippen molar-refractivity contribution in [2.24, 2.45) is 0 Å². The molecule has 0 aliphatic carbocycles. The third-order valence-corrected chi connectivity index (χ3v) is 3.80. The van der Waals surface area contributed by atoms with Crippen molar-refractivity contribution in [3.8, 4) is 0 Å². The molecule has 0 unspecified atom stereocenters. The third kappa shape index (κ3) is 3.51. The molecule has 104 valence electrons. The molecule has 1 aromatic carbocycles. The quantitative estimate of drug-likeness (QED) is 0.847. The maximum atomic E-state index is 12.1. The summed E-state index contributed by atoms with van der Waals surface area (Å²) in [6.07, 6.45) is 3.81. The summed E-state index contributed by atoms with van der Waals surface area (Å²) >= 11 is 0. The van der Waals surface area contributed by atoms with Gasteiger partial charge in [0.2, 0.25) is 0 Å². The van der Waals surface area contributed by atoms with Gasteiger partial charge < -0.3 is 5.11 Å². The van der Waals surface area contributed by atoms with Crippen molar-refractivity contribution in [1.82, 2.24) is 9.97 Å². The summed E-state index contributed by atoms with van der Waals surface area (Å²) in [5, 5.41) is 8.65. The molecule has 0 bridgehead atoms. The van der Waals surface area contributed by atoms with E-state index in [9.17, 15) is 13.2 Å². The highest BCUT2D eigenvalue weighted by molar-refractivity contribution is 7.92. The van der Waals surface area contributed by atoms with Crippen LogP contribution in [-0.4, -0.2) is 29.5 Å². The third-order valence-electron chi connectivity index (χ3n) is 2.40. The number of anilines is 1. The average molecular weight is 293 g/mol. The second-order valence-electron chi connectivity index (χ2n) is 3.95. The predicted molar refractivity (Wildman–Crippen MR) is 70.6 cm³/mol. The van der Waals surface area contributed by atoms with E-state index in [0.717, 1.165) is 0 Å². The highest BCUT2D eigenvalue weighted by Crippen LogP contribution is 2.15. The molecule has 0 radical (unpaired) electrons. The number of benzene rings is 1. The molecule has 0 aliphatic rings. The van der Waals surface area contributed by atoms with Gasteiger partial charge in [-0.25, -0.2) is 18.4 Å². The fourth-order valence-electron chi connectivity index (χ4n) is 1.53. The first-order valence-corrected chi connectivity index (χ1v) is 7.04. The smallest absolute Gasteiger partial charge is 0.307 e. The summed E-state index contributed by atoms with van der Waals surface area (Å²) in [6.45, 7) is 0. The average Bonchev–Trinajstić information content (AvgIpc) is 2.39. The van der Waals surface area contributed by atoms with Crippen molar-refractivity contribution in [2.45, 2.75) is 11.3 Å². The molecule has 0 aliphatic heterocycles. The number of aromatic nitrogens is 2. The summed E-state index contributed by atoms with van der Waals surface area (Å²) in [5.74, 6) is -0.972. The molecule has 2 N–H and O–H groups in total. The van der Waals surface area contributed by atoms with Gasteiger partial charge in [0.25, 0.3) is 10.0 Å². The van der Waals surface area contributed by atoms with Crippen molar-refractivity contribution in [2.75, 3.05) is 4.72 Å². The lowest BCUT2D eigenvalue weighted by atomic mass is 10.2. The van der Waals surface area contributed by atoms with Gasteiger partial charge in [0.15, 0.2) is 0 Å². The van der Waals surface area contributed by atoms with Gasteiger partial charge >= 0.3 is 5.97 Å². The van der Waals surface area contributed by atoms with E-state index in [2.05, 4.69) is 14.7 Å². The first-order valence-electron chi connectivity index (χ1n) is 5.56. The Kier molecular flexibility index (Phi) is 3.94. The molecular weight excluding hydrogens is 282 g/mol. The summed E-state index contributed by atoms with van der Waals surface area (Å²) in [4.78, 5) is 18.0. The number of sulfonamides is 1. The number of hydrogen-bond acceptors (Lipinski definition) is 5. The monoisotopic (exact) mass is 293 g/mol. The van der Waals surface area contributed by atoms with Crippen LogP contribution >= 0.6 is 0 Å². The van der Waals surface area contributed by atoms with Crippen LogP contribution in [0.15, 0.2) is 47.9 Å². The van der Waals surface area contributed by atoms with Crippen LogP contribution in [0.1, 0.15) is 5.56 Å². The molecule has 0 atom stereocenters. The molecule has 20 heavy (non-hydrogen) atoms. The van der Waals surface area contributed by atoms with E-state index in [-0.39, 0.29) is 17.0 Å². The van der Waals surface area contributed by atoms with E-state index in [1.807, 2.05) is 0 Å². The van der Waals surface area contributed by atoms with Gasteiger partial charge in [0.05, 0.1) is 29.4 Å². The molecule has 0 amide bonds. The molecule has 2 aromatic rings. The Hall–Kier alpha value is -2.48. The number of carboxylic acid groups (broad SMARTS) is 1. The number of hydrogen-bond donors (Lipinski definition) is 2. The summed E-state index contributed by atoms with van der Waals surface area (Å²) in [6, 6.07) is 5.63. The van der Waals surface area contributed by atoms with Gasteiger partial charge in [-0.1, -0.05) is 12.1 Å². The van der Waals surface area contributed by atoms with E-state index < -0.39 is 16.0 Å². The van der Waals surface area contributed by atoms with Gasteiger partial charge in [-0.2, -0.15) is 0 Å². The molecule has 7 nitrogen and oxygen atoms in total. The number of nitrogens with zero attached hydrogens (tertiary/aromatic N) is 2. The van der Waals surface area contributed by atoms with Gasteiger partial charge in [-0.3, -0.25) is 9.52 Å². The first-order chi connectivity index (χ1) is 9.47. The van der Waals surface area contributed by atoms with Gasteiger partial charge in [-0.05, 0) is 17.7 Å². The second-order valence-corrected chi connectivity index (χ2v) is 5.63. The SMILES string of the molecule is O=C(O)Cc1ccc(S(=O)(=O)Nc2cncnc2)cc1. The van der Waals surface area contributed by atoms with E-state index >= 15 is 0 Å². The zero-order chi connectivity index (χ0) is 14.6. The van der Waals surface area contributed by atoms with Crippen LogP contribution in [0.3, 0.4) is 0 Å². The standard InChI is InChI=1S/C12H11N3O4S/c16-12(17)5-9-1-3-11(4-2-9)20(18,19)15-10-6-13-8-14-7-10/h1-4,6-8,15H,5H2,(H,16,17). The van der Waals surface area contributed by atoms with Gasteiger partial charge in [-0.15, -0.1) is 0 Å². The van der Waals surface area contributed by atoms with E-state index in [0.29, 0.717) is 5.56 Å². The fraction of sp³-hybridized carbons (Fsp3) is 0.0833. The fourth-order valence-corrected chi connectivity index (χ4v) is 2.55. The Morgan fingerprint density at radius 2 is 1.75 bits per heavy atom. The first kappa shape index (κ1) is 13.9. The molecule has 0 saturated heterocycles. The molecular formula is C12H11N3O4S. The van der Waals surface area contributed by atoms with E-state index in [1.165, 1.54) is 43.0 Å². The molecule has 1 heterocycles. The normalized spacial score (nSPS) is 11.0. The van der Waals surface area contributed by atoms with Crippen LogP contribution in [0.4, 0.5) is 5.69 Å². The zero-order valence-electron chi connectivity index (χ0n) is 10.2. The Balaban J connectivity index is 2.19. The summed E-state index contributed by atoms with van der Waals surface area (Å²) in [5.41, 5.74) is 0.779. The number of aliphatic carboxylic acids is 1. The summed E-state index contributed by atoms with van der Waals surface area (Å²) < 4.78 is 26.4. The predicted octanol–water partition coefficient (Wildman–Crippen LogP) is 0.905. The Morgan fingerprint density at radius 1 is 1.15 bits per heavy atom. The Labute approximate surface area is 115 Å². The molecule has 0 fully saturated rings. The topological polar surface area (TPSA) is 109 Å². The molecule has 8 heteroatoms. The van der Waals surface area contributed by atoms with Crippen molar-refractivity contribution in [3.05, 3.63) is 48.5 Å². The summed E-state index contributed by atoms with van der Waals surface area (Å²) in [7, 11) is -3.74. The molecule has 1 aromatic heterocycles. The number of carbonyl (C=O) groups is 1. The lowest BCUT2D eigenvalue weighted by molar-refractivity contribution is -0.136. The largest absolute Gasteiger partial charge is 0.481 e. The van der Waals surface area contributed by atoms with Crippen molar-refractivity contribution < 1.29 is 18.3 Å². The van der Waals surface area contributed by atoms with Gasteiger partial charge in [0, 0.05) is 0 Å². The number of carboxylic acids is 1. The van der Waals surface area contributed by atoms with E-state index in [4.69, 9.17) is 5.11 Å². The van der Waals surface area contributed by atoms with Crippen molar-refractivity contribution in [3.63, 3.8) is 0 Å². The number of nitrogens with one attached hydrogen (secondary N) is 1. The van der Waals surface area contributed by atoms with Crippen LogP contribution in [0.5, 0.6) is 0 Å². The minimum atomic E-state index is -3.74. The minimum Gasteiger partial charge on any atom is -0.481 e. The lowest BCUT2D eigenvalue weighted by Gasteiger charge is -2.07. The second kappa shape index (κ2) is 5.66. The van der Waals surface area contributed by atoms with Crippen LogP contribution in [0.25, 0.3) is 0 Å². The highest BCUT2D eigenvalue weighted by atomic mass is 32.2. The Bertz CT molecular complexity index is 699. The zero-order valence-corrected chi connectivity index (χ0v) is 11.0. The van der Waals surface area contributed by atoms with Crippen LogP contribution in [-0.2, 0) is 21.2 Å². The van der Waals surface area contributed by atoms with Crippen molar-refractivity contribution >= 4 is 21.7 Å². The highest BCUT2D eigenvalue weighted by Gasteiger charge is 2.14. The van der Waals surface area contributed by atoms with Crippen LogP contribution < -0.4 is 4.72 Å². The lowest BCUT2D eigenvalue weighted by Crippen LogP contribution is -2.13. The maximum absolute atomic E-state index is 12.1. The Morgan fingerprint density at radius 3 is 2.30 bits per heavy atom. The maximum Gasteiger partial charge on any atom is 0.307 e. The van der Waals surface area contributed by atoms with Crippen molar-refractivity contribution in [1.29, 1.82) is 0 Å². The molecule has 0 spiro atoms.